The average molecular weight is 522 g/mol. The number of thiocarbonyl (C=S) groups is 1. The molecule has 7 nitrogen and oxygen atoms in total. The SMILES string of the molecule is O=C(CCN1C(=S)N[C@H](c2ccccn2)[C@H]1c1cccn1Cc1ccco1)Nc1cccc2ccccc12. The normalized spacial score (nSPS) is 17.1. The van der Waals surface area contributed by atoms with Gasteiger partial charge in [0.2, 0.25) is 5.91 Å². The monoisotopic (exact) mass is 521 g/mol. The van der Waals surface area contributed by atoms with Gasteiger partial charge in [0.15, 0.2) is 5.11 Å². The van der Waals surface area contributed by atoms with Crippen molar-refractivity contribution in [3.8, 4) is 0 Å². The number of anilines is 1. The van der Waals surface area contributed by atoms with Crippen LogP contribution in [0.4, 0.5) is 5.69 Å². The largest absolute Gasteiger partial charge is 0.467 e. The summed E-state index contributed by atoms with van der Waals surface area (Å²) in [5.74, 6) is 0.807. The maximum absolute atomic E-state index is 13.1. The zero-order chi connectivity index (χ0) is 25.9. The number of aromatic nitrogens is 2. The highest BCUT2D eigenvalue weighted by atomic mass is 32.1. The molecule has 6 rings (SSSR count). The van der Waals surface area contributed by atoms with Crippen molar-refractivity contribution < 1.29 is 9.21 Å². The first-order valence-corrected chi connectivity index (χ1v) is 13.0. The minimum atomic E-state index is -0.157. The van der Waals surface area contributed by atoms with Crippen molar-refractivity contribution >= 4 is 39.7 Å². The van der Waals surface area contributed by atoms with Crippen LogP contribution in [-0.4, -0.2) is 32.0 Å². The number of carbonyl (C=O) groups excluding carboxylic acids is 1. The van der Waals surface area contributed by atoms with Gasteiger partial charge >= 0.3 is 0 Å². The Bertz CT molecular complexity index is 1560. The molecule has 1 saturated heterocycles. The molecule has 0 unspecified atom stereocenters. The number of amides is 1. The molecule has 5 aromatic rings. The van der Waals surface area contributed by atoms with Crippen LogP contribution in [0.2, 0.25) is 0 Å². The summed E-state index contributed by atoms with van der Waals surface area (Å²) >= 11 is 5.80. The Labute approximate surface area is 226 Å². The van der Waals surface area contributed by atoms with E-state index in [1.54, 1.807) is 12.5 Å². The number of pyridine rings is 1. The summed E-state index contributed by atoms with van der Waals surface area (Å²) in [4.78, 5) is 19.8. The van der Waals surface area contributed by atoms with Gasteiger partial charge in [-0.25, -0.2) is 0 Å². The van der Waals surface area contributed by atoms with Crippen LogP contribution in [0, 0.1) is 0 Å². The smallest absolute Gasteiger partial charge is 0.226 e. The zero-order valence-electron chi connectivity index (χ0n) is 20.7. The number of rotatable bonds is 8. The van der Waals surface area contributed by atoms with Crippen molar-refractivity contribution in [3.05, 3.63) is 121 Å². The topological polar surface area (TPSA) is 75.3 Å². The molecule has 8 heteroatoms. The number of carbonyl (C=O) groups is 1. The van der Waals surface area contributed by atoms with Crippen LogP contribution in [0.1, 0.15) is 35.7 Å². The van der Waals surface area contributed by atoms with Gasteiger partial charge in [0, 0.05) is 42.1 Å². The van der Waals surface area contributed by atoms with Crippen LogP contribution >= 0.6 is 12.2 Å². The lowest BCUT2D eigenvalue weighted by Gasteiger charge is -2.28. The van der Waals surface area contributed by atoms with Gasteiger partial charge in [-0.15, -0.1) is 0 Å². The molecule has 3 aromatic heterocycles. The summed E-state index contributed by atoms with van der Waals surface area (Å²) < 4.78 is 7.77. The molecule has 1 amide bonds. The van der Waals surface area contributed by atoms with Crippen molar-refractivity contribution in [3.63, 3.8) is 0 Å². The number of fused-ring (bicyclic) bond motifs is 1. The second-order valence-electron chi connectivity index (χ2n) is 9.29. The number of furan rings is 1. The van der Waals surface area contributed by atoms with Gasteiger partial charge in [-0.2, -0.15) is 0 Å². The maximum Gasteiger partial charge on any atom is 0.226 e. The molecule has 2 N–H and O–H groups in total. The Kier molecular flexibility index (Phi) is 6.62. The Morgan fingerprint density at radius 1 is 1.00 bits per heavy atom. The lowest BCUT2D eigenvalue weighted by atomic mass is 10.0. The molecule has 0 radical (unpaired) electrons. The minimum Gasteiger partial charge on any atom is -0.467 e. The molecule has 1 fully saturated rings. The van der Waals surface area contributed by atoms with E-state index >= 15 is 0 Å². The van der Waals surface area contributed by atoms with E-state index in [2.05, 4.69) is 31.2 Å². The highest BCUT2D eigenvalue weighted by molar-refractivity contribution is 7.80. The highest BCUT2D eigenvalue weighted by Crippen LogP contribution is 2.39. The van der Waals surface area contributed by atoms with Crippen molar-refractivity contribution in [1.29, 1.82) is 0 Å². The molecule has 38 heavy (non-hydrogen) atoms. The van der Waals surface area contributed by atoms with Gasteiger partial charge in [-0.3, -0.25) is 9.78 Å². The molecule has 0 spiro atoms. The first-order chi connectivity index (χ1) is 18.7. The Hall–Kier alpha value is -4.43. The molecule has 1 aliphatic rings. The number of hydrogen-bond acceptors (Lipinski definition) is 4. The van der Waals surface area contributed by atoms with Crippen LogP contribution in [0.3, 0.4) is 0 Å². The third-order valence-electron chi connectivity index (χ3n) is 6.92. The van der Waals surface area contributed by atoms with E-state index in [0.717, 1.165) is 33.6 Å². The molecule has 1 aliphatic heterocycles. The molecule has 190 valence electrons. The molecular formula is C30H27N5O2S. The summed E-state index contributed by atoms with van der Waals surface area (Å²) in [6.45, 7) is 1.06. The molecule has 2 atom stereocenters. The highest BCUT2D eigenvalue weighted by Gasteiger charge is 2.41. The lowest BCUT2D eigenvalue weighted by Crippen LogP contribution is -2.33. The third kappa shape index (κ3) is 4.78. The second kappa shape index (κ2) is 10.5. The predicted molar refractivity (Wildman–Crippen MR) is 152 cm³/mol. The van der Waals surface area contributed by atoms with Gasteiger partial charge in [0.1, 0.15) is 5.76 Å². The number of hydrogen-bond donors (Lipinski definition) is 2. The zero-order valence-corrected chi connectivity index (χ0v) is 21.5. The quantitative estimate of drug-likeness (QED) is 0.256. The summed E-state index contributed by atoms with van der Waals surface area (Å²) in [6, 6.07) is 27.5. The minimum absolute atomic E-state index is 0.0600. The summed E-state index contributed by atoms with van der Waals surface area (Å²) in [6.07, 6.45) is 5.80. The first-order valence-electron chi connectivity index (χ1n) is 12.6. The van der Waals surface area contributed by atoms with Crippen LogP contribution in [0.25, 0.3) is 10.8 Å². The van der Waals surface area contributed by atoms with E-state index in [1.165, 1.54) is 0 Å². The van der Waals surface area contributed by atoms with Crippen molar-refractivity contribution in [2.24, 2.45) is 0 Å². The van der Waals surface area contributed by atoms with E-state index < -0.39 is 0 Å². The van der Waals surface area contributed by atoms with Gasteiger partial charge in [-0.05, 0) is 60.1 Å². The molecular weight excluding hydrogens is 494 g/mol. The summed E-state index contributed by atoms with van der Waals surface area (Å²) in [5.41, 5.74) is 2.78. The fourth-order valence-corrected chi connectivity index (χ4v) is 5.48. The van der Waals surface area contributed by atoms with Gasteiger partial charge in [0.25, 0.3) is 0 Å². The van der Waals surface area contributed by atoms with E-state index in [-0.39, 0.29) is 24.4 Å². The average Bonchev–Trinajstić information content (AvgIpc) is 3.69. The maximum atomic E-state index is 13.1. The fourth-order valence-electron chi connectivity index (χ4n) is 5.15. The second-order valence-corrected chi connectivity index (χ2v) is 9.67. The Morgan fingerprint density at radius 2 is 1.87 bits per heavy atom. The van der Waals surface area contributed by atoms with Crippen molar-refractivity contribution in [2.75, 3.05) is 11.9 Å². The van der Waals surface area contributed by atoms with Gasteiger partial charge in [0.05, 0.1) is 30.6 Å². The van der Waals surface area contributed by atoms with Crippen molar-refractivity contribution in [1.82, 2.24) is 19.8 Å². The lowest BCUT2D eigenvalue weighted by molar-refractivity contribution is -0.116. The molecule has 4 heterocycles. The van der Waals surface area contributed by atoms with E-state index in [1.807, 2.05) is 85.1 Å². The van der Waals surface area contributed by atoms with E-state index in [9.17, 15) is 4.79 Å². The van der Waals surface area contributed by atoms with Gasteiger partial charge in [-0.1, -0.05) is 42.5 Å². The number of nitrogens with one attached hydrogen (secondary N) is 2. The van der Waals surface area contributed by atoms with Crippen LogP contribution in [0.15, 0.2) is 108 Å². The summed E-state index contributed by atoms with van der Waals surface area (Å²) in [7, 11) is 0. The molecule has 0 saturated carbocycles. The predicted octanol–water partition coefficient (Wildman–Crippen LogP) is 5.68. The number of nitrogens with zero attached hydrogens (tertiary/aromatic N) is 3. The number of benzene rings is 2. The van der Waals surface area contributed by atoms with E-state index in [4.69, 9.17) is 16.6 Å². The molecule has 0 aliphatic carbocycles. The fraction of sp³-hybridized carbons (Fsp3) is 0.167. The Balaban J connectivity index is 1.25. The van der Waals surface area contributed by atoms with Crippen LogP contribution in [0.5, 0.6) is 0 Å². The Morgan fingerprint density at radius 3 is 2.71 bits per heavy atom. The first kappa shape index (κ1) is 23.9. The molecule has 2 aromatic carbocycles. The van der Waals surface area contributed by atoms with Gasteiger partial charge < -0.3 is 24.5 Å². The van der Waals surface area contributed by atoms with Crippen molar-refractivity contribution in [2.45, 2.75) is 25.0 Å². The third-order valence-corrected chi connectivity index (χ3v) is 7.27. The van der Waals surface area contributed by atoms with E-state index in [0.29, 0.717) is 18.2 Å². The van der Waals surface area contributed by atoms with Crippen LogP contribution in [-0.2, 0) is 11.3 Å². The standard InChI is InChI=1S/C30H27N5O2S/c36-27(32-24-13-5-9-21-8-1-2-11-23(21)24)15-18-35-29(28(33-30(35)38)25-12-3-4-16-31-25)26-14-6-17-34(26)20-22-10-7-19-37-22/h1-14,16-17,19,28-29H,15,18,20H2,(H,32,36)(H,33,38)/t28-,29-/m1/s1. The molecule has 0 bridgehead atoms. The van der Waals surface area contributed by atoms with Crippen LogP contribution < -0.4 is 10.6 Å². The summed E-state index contributed by atoms with van der Waals surface area (Å²) in [5, 5.41) is 9.28.